The van der Waals surface area contributed by atoms with Gasteiger partial charge < -0.3 is 14.2 Å². The van der Waals surface area contributed by atoms with Gasteiger partial charge in [0.1, 0.15) is 35.3 Å². The molecule has 41 heavy (non-hydrogen) atoms. The van der Waals surface area contributed by atoms with Crippen molar-refractivity contribution in [2.45, 2.75) is 46.1 Å². The van der Waals surface area contributed by atoms with Gasteiger partial charge in [0.2, 0.25) is 0 Å². The minimum Gasteiger partial charge on any atom is -0.493 e. The second kappa shape index (κ2) is 14.8. The highest BCUT2D eigenvalue weighted by molar-refractivity contribution is 7.17. The van der Waals surface area contributed by atoms with Crippen LogP contribution in [0.5, 0.6) is 0 Å². The number of aromatic nitrogens is 3. The third-order valence-corrected chi connectivity index (χ3v) is 7.37. The second-order valence-corrected chi connectivity index (χ2v) is 10.7. The summed E-state index contributed by atoms with van der Waals surface area (Å²) in [6.07, 6.45) is 13.6. The molecule has 1 aliphatic heterocycles. The van der Waals surface area contributed by atoms with Crippen LogP contribution in [0.25, 0.3) is 33.6 Å². The van der Waals surface area contributed by atoms with Crippen molar-refractivity contribution in [2.24, 2.45) is 0 Å². The molecule has 0 radical (unpaired) electrons. The summed E-state index contributed by atoms with van der Waals surface area (Å²) in [5.74, 6) is 0.754. The standard InChI is InChI=1S/C33H38FN3O3S/c1-6-13-37-31(23(4)5)22-30(36-37)32-28-20-26(19-24(34)7-2)40-17-16-38-14-10-9-11-15-39-25(8-3)21-29(35-32)27-12-18-41-33(27)28/h7-10,12,18-23H,2-3,6,11,13-17H2,1,4-5H3/b10-9+,24-19+,25-21-,26-20-. The van der Waals surface area contributed by atoms with E-state index in [4.69, 9.17) is 24.3 Å². The van der Waals surface area contributed by atoms with Crippen molar-refractivity contribution in [1.82, 2.24) is 14.8 Å². The van der Waals surface area contributed by atoms with E-state index in [1.54, 1.807) is 17.4 Å². The van der Waals surface area contributed by atoms with Gasteiger partial charge in [0.15, 0.2) is 0 Å². The van der Waals surface area contributed by atoms with E-state index in [0.29, 0.717) is 37.0 Å². The number of hydrogen-bond donors (Lipinski definition) is 0. The van der Waals surface area contributed by atoms with E-state index >= 15 is 0 Å². The number of thiophene rings is 1. The molecule has 0 amide bonds. The molecule has 6 nitrogen and oxygen atoms in total. The van der Waals surface area contributed by atoms with Crippen LogP contribution < -0.4 is 0 Å². The predicted molar refractivity (Wildman–Crippen MR) is 167 cm³/mol. The molecule has 8 heteroatoms. The molecule has 4 rings (SSSR count). The number of nitrogens with zero attached hydrogens (tertiary/aromatic N) is 3. The molecule has 0 fully saturated rings. The minimum absolute atomic E-state index is 0.256. The van der Waals surface area contributed by atoms with E-state index < -0.39 is 5.83 Å². The molecule has 4 heterocycles. The Morgan fingerprint density at radius 3 is 2.73 bits per heavy atom. The summed E-state index contributed by atoms with van der Waals surface area (Å²) in [5.41, 5.74) is 4.11. The maximum atomic E-state index is 14.5. The third kappa shape index (κ3) is 7.71. The number of halogens is 1. The molecule has 0 aliphatic carbocycles. The van der Waals surface area contributed by atoms with Gasteiger partial charge in [-0.25, -0.2) is 9.37 Å². The topological polar surface area (TPSA) is 58.4 Å². The molecule has 0 aromatic carbocycles. The van der Waals surface area contributed by atoms with Gasteiger partial charge in [-0.05, 0) is 54.5 Å². The van der Waals surface area contributed by atoms with Gasteiger partial charge >= 0.3 is 0 Å². The summed E-state index contributed by atoms with van der Waals surface area (Å²) in [6.45, 7) is 16.3. The highest BCUT2D eigenvalue weighted by Crippen LogP contribution is 2.37. The molecule has 0 saturated heterocycles. The first kappa shape index (κ1) is 30.2. The molecule has 0 atom stereocenters. The van der Waals surface area contributed by atoms with Crippen molar-refractivity contribution < 1.29 is 18.6 Å². The summed E-state index contributed by atoms with van der Waals surface area (Å²) in [6, 6.07) is 4.14. The van der Waals surface area contributed by atoms with E-state index in [1.807, 2.05) is 35.8 Å². The number of hydrogen-bond acceptors (Lipinski definition) is 6. The first-order valence-electron chi connectivity index (χ1n) is 14.0. The molecule has 0 N–H and O–H groups in total. The predicted octanol–water partition coefficient (Wildman–Crippen LogP) is 8.61. The van der Waals surface area contributed by atoms with Crippen LogP contribution in [0.4, 0.5) is 4.39 Å². The molecule has 3 aromatic heterocycles. The lowest BCUT2D eigenvalue weighted by atomic mass is 10.0. The normalized spacial score (nSPS) is 18.9. The molecule has 0 saturated carbocycles. The molecule has 0 spiro atoms. The monoisotopic (exact) mass is 575 g/mol. The number of ether oxygens (including phenoxy) is 3. The van der Waals surface area contributed by atoms with Crippen LogP contribution in [0.1, 0.15) is 56.5 Å². The van der Waals surface area contributed by atoms with E-state index in [9.17, 15) is 4.39 Å². The van der Waals surface area contributed by atoms with Crippen molar-refractivity contribution in [3.63, 3.8) is 0 Å². The fourth-order valence-electron chi connectivity index (χ4n) is 4.47. The van der Waals surface area contributed by atoms with Gasteiger partial charge in [0.05, 0.1) is 25.5 Å². The first-order chi connectivity index (χ1) is 19.9. The highest BCUT2D eigenvalue weighted by Gasteiger charge is 2.20. The van der Waals surface area contributed by atoms with E-state index in [2.05, 4.69) is 44.7 Å². The minimum atomic E-state index is -0.499. The lowest BCUT2D eigenvalue weighted by Gasteiger charge is -2.12. The Morgan fingerprint density at radius 2 is 1.98 bits per heavy atom. The van der Waals surface area contributed by atoms with Crippen LogP contribution in [0.3, 0.4) is 0 Å². The Balaban J connectivity index is 2.00. The van der Waals surface area contributed by atoms with Crippen molar-refractivity contribution in [1.29, 1.82) is 0 Å². The number of allylic oxidation sites excluding steroid dienone is 4. The third-order valence-electron chi connectivity index (χ3n) is 6.43. The SMILES string of the molecule is C=C/C1=C/c2nc(-c3cc(C(C)C)n(CCC)n3)c(c3sccc23)/C=C(/C=C(/F)C=C)OCCOC/C=C/CCO1. The molecule has 1 aliphatic rings. The number of fused-ring (bicyclic) bond motifs is 6. The largest absolute Gasteiger partial charge is 0.493 e. The van der Waals surface area contributed by atoms with Gasteiger partial charge in [-0.3, -0.25) is 4.68 Å². The maximum Gasteiger partial charge on any atom is 0.126 e. The van der Waals surface area contributed by atoms with E-state index in [1.165, 1.54) is 6.08 Å². The summed E-state index contributed by atoms with van der Waals surface area (Å²) in [7, 11) is 0. The lowest BCUT2D eigenvalue weighted by Crippen LogP contribution is -2.06. The average molecular weight is 576 g/mol. The zero-order valence-corrected chi connectivity index (χ0v) is 24.9. The van der Waals surface area contributed by atoms with Crippen molar-refractivity contribution in [3.05, 3.63) is 95.3 Å². The quantitative estimate of drug-likeness (QED) is 0.209. The molecule has 2 bridgehead atoms. The summed E-state index contributed by atoms with van der Waals surface area (Å²) < 4.78 is 35.2. The summed E-state index contributed by atoms with van der Waals surface area (Å²) >= 11 is 1.59. The molecule has 0 unspecified atom stereocenters. The van der Waals surface area contributed by atoms with Gasteiger partial charge in [-0.2, -0.15) is 5.10 Å². The van der Waals surface area contributed by atoms with E-state index in [-0.39, 0.29) is 12.5 Å². The Morgan fingerprint density at radius 1 is 1.15 bits per heavy atom. The van der Waals surface area contributed by atoms with E-state index in [0.717, 1.165) is 58.2 Å². The fraction of sp³-hybridized carbons (Fsp3) is 0.333. The summed E-state index contributed by atoms with van der Waals surface area (Å²) in [5, 5.41) is 7.97. The lowest BCUT2D eigenvalue weighted by molar-refractivity contribution is 0.0956. The highest BCUT2D eigenvalue weighted by atomic mass is 32.1. The zero-order chi connectivity index (χ0) is 29.2. The Hall–Kier alpha value is -3.75. The molecular weight excluding hydrogens is 537 g/mol. The van der Waals surface area contributed by atoms with Crippen molar-refractivity contribution in [3.8, 4) is 11.4 Å². The number of rotatable bonds is 7. The van der Waals surface area contributed by atoms with Gasteiger partial charge in [-0.1, -0.05) is 46.1 Å². The van der Waals surface area contributed by atoms with Crippen LogP contribution in [0.15, 0.2) is 78.4 Å². The molecular formula is C33H38FN3O3S. The second-order valence-electron chi connectivity index (χ2n) is 9.82. The number of aryl methyl sites for hydroxylation is 1. The fourth-order valence-corrected chi connectivity index (χ4v) is 5.39. The Kier molecular flexibility index (Phi) is 10.9. The maximum absolute atomic E-state index is 14.5. The average Bonchev–Trinajstić information content (AvgIpc) is 3.62. The van der Waals surface area contributed by atoms with Gasteiger partial charge in [-0.15, -0.1) is 11.3 Å². The smallest absolute Gasteiger partial charge is 0.126 e. The Labute approximate surface area is 245 Å². The number of pyridine rings is 1. The zero-order valence-electron chi connectivity index (χ0n) is 24.1. The first-order valence-corrected chi connectivity index (χ1v) is 14.9. The summed E-state index contributed by atoms with van der Waals surface area (Å²) in [4.78, 5) is 5.15. The van der Waals surface area contributed by atoms with Crippen LogP contribution in [-0.2, 0) is 20.8 Å². The van der Waals surface area contributed by atoms with Crippen LogP contribution in [0, 0.1) is 0 Å². The van der Waals surface area contributed by atoms with Crippen molar-refractivity contribution in [2.75, 3.05) is 26.4 Å². The molecule has 3 aromatic rings. The van der Waals surface area contributed by atoms with Gasteiger partial charge in [0.25, 0.3) is 0 Å². The van der Waals surface area contributed by atoms with Crippen LogP contribution >= 0.6 is 11.3 Å². The molecule has 216 valence electrons. The Bertz CT molecular complexity index is 1490. The van der Waals surface area contributed by atoms with Crippen molar-refractivity contribution >= 4 is 33.6 Å². The van der Waals surface area contributed by atoms with Crippen LogP contribution in [-0.4, -0.2) is 41.2 Å². The van der Waals surface area contributed by atoms with Crippen LogP contribution in [0.2, 0.25) is 0 Å². The van der Waals surface area contributed by atoms with Gasteiger partial charge in [0, 0.05) is 40.0 Å².